The maximum absolute atomic E-state index is 10.4. The molecule has 0 aliphatic carbocycles. The molecule has 0 aliphatic heterocycles. The third-order valence-electron chi connectivity index (χ3n) is 1.30. The predicted octanol–water partition coefficient (Wildman–Crippen LogP) is 2.77. The largest absolute Gasteiger partial charge is 0.360 e. The average Bonchev–Trinajstić information content (AvgIpc) is 2.53. The first-order valence-corrected chi connectivity index (χ1v) is 6.15. The third-order valence-corrected chi connectivity index (χ3v) is 3.59. The van der Waals surface area contributed by atoms with Gasteiger partial charge in [0.25, 0.3) is 0 Å². The molecule has 0 aliphatic rings. The van der Waals surface area contributed by atoms with Crippen LogP contribution in [0.5, 0.6) is 0 Å². The van der Waals surface area contributed by atoms with Gasteiger partial charge in [-0.15, -0.1) is 11.3 Å². The first-order valence-electron chi connectivity index (χ1n) is 3.57. The quantitative estimate of drug-likeness (QED) is 0.796. The van der Waals surface area contributed by atoms with E-state index >= 15 is 0 Å². The van der Waals surface area contributed by atoms with Crippen molar-refractivity contribution in [2.45, 2.75) is 12.3 Å². The van der Waals surface area contributed by atoms with Gasteiger partial charge in [0.15, 0.2) is 22.1 Å². The third kappa shape index (κ3) is 3.47. The van der Waals surface area contributed by atoms with E-state index in [4.69, 9.17) is 0 Å². The molecule has 1 aromatic rings. The summed E-state index contributed by atoms with van der Waals surface area (Å²) in [6.07, 6.45) is 1.76. The summed E-state index contributed by atoms with van der Waals surface area (Å²) in [6, 6.07) is 0. The molecular formula is C6H8N2O2P2S. The molecule has 4 nitrogen and oxygen atoms in total. The Morgan fingerprint density at radius 3 is 2.77 bits per heavy atom. The lowest BCUT2D eigenvalue weighted by atomic mass is 10.6. The van der Waals surface area contributed by atoms with Crippen LogP contribution >= 0.6 is 28.3 Å². The normalized spacial score (nSPS) is 13.3. The van der Waals surface area contributed by atoms with Crippen LogP contribution in [0.2, 0.25) is 0 Å². The van der Waals surface area contributed by atoms with E-state index in [1.165, 1.54) is 11.3 Å². The zero-order valence-corrected chi connectivity index (χ0v) is 9.53. The van der Waals surface area contributed by atoms with Crippen molar-refractivity contribution in [2.24, 2.45) is 0 Å². The van der Waals surface area contributed by atoms with Crippen LogP contribution in [0.4, 0.5) is 5.13 Å². The average molecular weight is 234 g/mol. The van der Waals surface area contributed by atoms with Crippen molar-refractivity contribution in [2.75, 3.05) is 11.9 Å². The summed E-state index contributed by atoms with van der Waals surface area (Å²) in [5.74, 6) is 0. The molecule has 70 valence electrons. The van der Waals surface area contributed by atoms with Crippen LogP contribution in [0.3, 0.4) is 0 Å². The Balaban J connectivity index is 2.42. The number of nitrogens with one attached hydrogen (secondary N) is 1. The van der Waals surface area contributed by atoms with Crippen molar-refractivity contribution in [3.8, 4) is 0 Å². The Morgan fingerprint density at radius 2 is 2.31 bits per heavy atom. The highest BCUT2D eigenvalue weighted by Gasteiger charge is 2.08. The van der Waals surface area contributed by atoms with E-state index in [0.29, 0.717) is 6.54 Å². The van der Waals surface area contributed by atoms with Gasteiger partial charge in [0.1, 0.15) is 5.40 Å². The predicted molar refractivity (Wildman–Crippen MR) is 54.3 cm³/mol. The minimum absolute atomic E-state index is 0.109. The van der Waals surface area contributed by atoms with E-state index in [1.54, 1.807) is 6.20 Å². The van der Waals surface area contributed by atoms with Crippen molar-refractivity contribution < 1.29 is 9.13 Å². The number of anilines is 1. The molecule has 0 amide bonds. The monoisotopic (exact) mass is 234 g/mol. The molecule has 0 saturated carbocycles. The molecule has 13 heavy (non-hydrogen) atoms. The van der Waals surface area contributed by atoms with Crippen LogP contribution < -0.4 is 5.32 Å². The SMILES string of the molecule is Cc1cnc(NCC(P=O)P=O)s1. The van der Waals surface area contributed by atoms with Gasteiger partial charge < -0.3 is 5.32 Å². The Kier molecular flexibility index (Phi) is 4.43. The Bertz CT molecular complexity index is 297. The number of hydrogen-bond donors (Lipinski definition) is 1. The highest BCUT2D eigenvalue weighted by molar-refractivity contribution is 7.44. The lowest BCUT2D eigenvalue weighted by Crippen LogP contribution is -2.08. The molecule has 0 atom stereocenters. The molecular weight excluding hydrogens is 226 g/mol. The Morgan fingerprint density at radius 1 is 1.62 bits per heavy atom. The van der Waals surface area contributed by atoms with Gasteiger partial charge in [0.2, 0.25) is 0 Å². The molecule has 0 unspecified atom stereocenters. The fourth-order valence-corrected chi connectivity index (χ4v) is 1.87. The lowest BCUT2D eigenvalue weighted by Gasteiger charge is -2.00. The van der Waals surface area contributed by atoms with Crippen LogP contribution in [0, 0.1) is 6.92 Å². The van der Waals surface area contributed by atoms with Crippen LogP contribution in [0.25, 0.3) is 0 Å². The minimum Gasteiger partial charge on any atom is -0.360 e. The summed E-state index contributed by atoms with van der Waals surface area (Å²) in [5.41, 5.74) is 0. The van der Waals surface area contributed by atoms with Crippen molar-refractivity contribution >= 4 is 33.4 Å². The topological polar surface area (TPSA) is 59.1 Å². The fourth-order valence-electron chi connectivity index (χ4n) is 0.709. The van der Waals surface area contributed by atoms with Gasteiger partial charge in [0.05, 0.1) is 0 Å². The molecule has 1 heterocycles. The summed E-state index contributed by atoms with van der Waals surface area (Å²) in [6.45, 7) is 2.36. The number of aryl methyl sites for hydroxylation is 1. The van der Waals surface area contributed by atoms with Gasteiger partial charge in [-0.2, -0.15) is 0 Å². The van der Waals surface area contributed by atoms with Crippen molar-refractivity contribution in [1.29, 1.82) is 0 Å². The van der Waals surface area contributed by atoms with Gasteiger partial charge in [-0.1, -0.05) is 0 Å². The summed E-state index contributed by atoms with van der Waals surface area (Å²) in [5, 5.41) is 3.35. The molecule has 0 bridgehead atoms. The first kappa shape index (κ1) is 10.7. The van der Waals surface area contributed by atoms with E-state index in [-0.39, 0.29) is 22.3 Å². The second-order valence-electron chi connectivity index (χ2n) is 2.35. The highest BCUT2D eigenvalue weighted by Crippen LogP contribution is 2.21. The summed E-state index contributed by atoms with van der Waals surface area (Å²) in [4.78, 5) is 5.16. The number of rotatable bonds is 5. The molecule has 0 spiro atoms. The molecule has 0 radical (unpaired) electrons. The van der Waals surface area contributed by atoms with Gasteiger partial charge in [-0.3, -0.25) is 9.13 Å². The van der Waals surface area contributed by atoms with Gasteiger partial charge in [0, 0.05) is 17.6 Å². The maximum Gasteiger partial charge on any atom is 0.182 e. The second-order valence-corrected chi connectivity index (χ2v) is 5.66. The number of thiazole rings is 1. The zero-order chi connectivity index (χ0) is 9.68. The van der Waals surface area contributed by atoms with Gasteiger partial charge >= 0.3 is 0 Å². The van der Waals surface area contributed by atoms with E-state index in [9.17, 15) is 9.13 Å². The Labute approximate surface area is 83.2 Å². The maximum atomic E-state index is 10.4. The molecule has 1 N–H and O–H groups in total. The standard InChI is InChI=1S/C6H8N2O2P2S/c1-4-2-7-6(13-4)8-3-5(11-9)12-10/h2,5H,3H2,1H3,(H,7,8). The summed E-state index contributed by atoms with van der Waals surface area (Å²) < 4.78 is 20.8. The van der Waals surface area contributed by atoms with Crippen molar-refractivity contribution in [3.63, 3.8) is 0 Å². The van der Waals surface area contributed by atoms with Crippen LogP contribution in [-0.2, 0) is 9.13 Å². The van der Waals surface area contributed by atoms with Crippen molar-refractivity contribution in [3.05, 3.63) is 11.1 Å². The molecule has 1 aromatic heterocycles. The number of hydrogen-bond acceptors (Lipinski definition) is 5. The van der Waals surface area contributed by atoms with E-state index < -0.39 is 0 Å². The van der Waals surface area contributed by atoms with Crippen LogP contribution in [0.15, 0.2) is 6.20 Å². The zero-order valence-electron chi connectivity index (χ0n) is 6.93. The fraction of sp³-hybridized carbons (Fsp3) is 0.500. The van der Waals surface area contributed by atoms with Gasteiger partial charge in [-0.05, 0) is 6.92 Å². The highest BCUT2D eigenvalue weighted by atomic mass is 32.1. The van der Waals surface area contributed by atoms with Gasteiger partial charge in [-0.25, -0.2) is 4.98 Å². The van der Waals surface area contributed by atoms with E-state index in [1.807, 2.05) is 6.92 Å². The van der Waals surface area contributed by atoms with Crippen molar-refractivity contribution in [1.82, 2.24) is 4.98 Å². The Hall–Kier alpha value is -0.370. The summed E-state index contributed by atoms with van der Waals surface area (Å²) in [7, 11) is -0.218. The smallest absolute Gasteiger partial charge is 0.182 e. The lowest BCUT2D eigenvalue weighted by molar-refractivity contribution is 0.588. The van der Waals surface area contributed by atoms with E-state index in [0.717, 1.165) is 10.0 Å². The molecule has 0 saturated heterocycles. The number of nitrogens with zero attached hydrogens (tertiary/aromatic N) is 1. The second kappa shape index (κ2) is 5.38. The van der Waals surface area contributed by atoms with E-state index in [2.05, 4.69) is 10.3 Å². The van der Waals surface area contributed by atoms with Crippen LogP contribution in [-0.4, -0.2) is 16.9 Å². The first-order chi connectivity index (χ1) is 6.26. The minimum atomic E-state index is -0.385. The number of aromatic nitrogens is 1. The molecule has 1 rings (SSSR count). The summed E-state index contributed by atoms with van der Waals surface area (Å²) >= 11 is 1.52. The molecule has 0 aromatic carbocycles. The molecule has 0 fully saturated rings. The van der Waals surface area contributed by atoms with Crippen LogP contribution in [0.1, 0.15) is 4.88 Å². The molecule has 7 heteroatoms.